The van der Waals surface area contributed by atoms with Crippen LogP contribution >= 0.6 is 0 Å². The topological polar surface area (TPSA) is 78.4 Å². The normalized spacial score (nSPS) is 10.2. The number of nitrogens with two attached hydrogens (primary N) is 1. The van der Waals surface area contributed by atoms with Crippen LogP contribution in [0.1, 0.15) is 5.56 Å². The molecule has 98 valence electrons. The number of anilines is 1. The van der Waals surface area contributed by atoms with Crippen molar-refractivity contribution in [1.82, 2.24) is 0 Å². The van der Waals surface area contributed by atoms with E-state index in [4.69, 9.17) is 10.5 Å². The molecule has 0 aromatic heterocycles. The number of hydrogen-bond acceptors (Lipinski definition) is 4. The minimum Gasteiger partial charge on any atom is -0.489 e. The highest BCUT2D eigenvalue weighted by Crippen LogP contribution is 2.23. The smallest absolute Gasteiger partial charge is 0.292 e. The quantitative estimate of drug-likeness (QED) is 0.522. The van der Waals surface area contributed by atoms with Gasteiger partial charge in [-0.2, -0.15) is 0 Å². The zero-order chi connectivity index (χ0) is 13.8. The number of nitro groups is 1. The Labute approximate surface area is 108 Å². The van der Waals surface area contributed by atoms with E-state index < -0.39 is 4.92 Å². The van der Waals surface area contributed by atoms with E-state index in [0.29, 0.717) is 11.3 Å². The van der Waals surface area contributed by atoms with E-state index >= 15 is 0 Å². The van der Waals surface area contributed by atoms with Crippen LogP contribution in [0.3, 0.4) is 0 Å². The lowest BCUT2D eigenvalue weighted by Crippen LogP contribution is -2.00. The van der Waals surface area contributed by atoms with Crippen LogP contribution in [0.25, 0.3) is 0 Å². The summed E-state index contributed by atoms with van der Waals surface area (Å²) in [6.45, 7) is 0.146. The maximum absolute atomic E-state index is 12.7. The van der Waals surface area contributed by atoms with Crippen molar-refractivity contribution < 1.29 is 14.1 Å². The van der Waals surface area contributed by atoms with E-state index in [1.165, 1.54) is 36.4 Å². The molecule has 0 aliphatic carbocycles. The molecule has 2 rings (SSSR count). The molecule has 2 aromatic rings. The minimum absolute atomic E-state index is 0.107. The molecule has 2 N–H and O–H groups in total. The molecule has 0 unspecified atom stereocenters. The van der Waals surface area contributed by atoms with Gasteiger partial charge in [0.25, 0.3) is 5.69 Å². The highest BCUT2D eigenvalue weighted by molar-refractivity contribution is 5.59. The second kappa shape index (κ2) is 5.34. The van der Waals surface area contributed by atoms with Crippen molar-refractivity contribution in [1.29, 1.82) is 0 Å². The molecule has 19 heavy (non-hydrogen) atoms. The monoisotopic (exact) mass is 262 g/mol. The lowest BCUT2D eigenvalue weighted by Gasteiger charge is -2.06. The fourth-order valence-electron chi connectivity index (χ4n) is 1.53. The summed E-state index contributed by atoms with van der Waals surface area (Å²) >= 11 is 0. The average Bonchev–Trinajstić information content (AvgIpc) is 2.39. The highest BCUT2D eigenvalue weighted by atomic mass is 19.1. The molecule has 5 nitrogen and oxygen atoms in total. The van der Waals surface area contributed by atoms with Gasteiger partial charge >= 0.3 is 0 Å². The van der Waals surface area contributed by atoms with Crippen molar-refractivity contribution in [2.45, 2.75) is 6.61 Å². The van der Waals surface area contributed by atoms with Crippen molar-refractivity contribution in [2.24, 2.45) is 0 Å². The van der Waals surface area contributed by atoms with Crippen molar-refractivity contribution in [2.75, 3.05) is 5.73 Å². The first kappa shape index (κ1) is 12.8. The number of nitro benzene ring substituents is 1. The Kier molecular flexibility index (Phi) is 3.61. The molecule has 0 aliphatic heterocycles. The molecular weight excluding hydrogens is 251 g/mol. The Balaban J connectivity index is 2.09. The summed E-state index contributed by atoms with van der Waals surface area (Å²) in [5.41, 5.74) is 6.06. The Morgan fingerprint density at radius 1 is 1.21 bits per heavy atom. The fraction of sp³-hybridized carbons (Fsp3) is 0.0769. The Hall–Kier alpha value is -2.63. The summed E-state index contributed by atoms with van der Waals surface area (Å²) < 4.78 is 18.1. The maximum Gasteiger partial charge on any atom is 0.292 e. The fourth-order valence-corrected chi connectivity index (χ4v) is 1.53. The van der Waals surface area contributed by atoms with Crippen LogP contribution in [-0.4, -0.2) is 4.92 Å². The summed E-state index contributed by atoms with van der Waals surface area (Å²) in [7, 11) is 0. The largest absolute Gasteiger partial charge is 0.489 e. The standard InChI is InChI=1S/C13H11FN2O3/c14-10-2-4-11(5-3-10)19-8-9-1-6-12(15)13(7-9)16(17)18/h1-7H,8,15H2. The third-order valence-electron chi connectivity index (χ3n) is 2.51. The number of benzene rings is 2. The first-order valence-corrected chi connectivity index (χ1v) is 5.47. The molecule has 0 amide bonds. The van der Waals surface area contributed by atoms with Crippen LogP contribution in [-0.2, 0) is 6.61 Å². The zero-order valence-corrected chi connectivity index (χ0v) is 9.88. The third kappa shape index (κ3) is 3.19. The summed E-state index contributed by atoms with van der Waals surface area (Å²) in [6, 6.07) is 10.00. The van der Waals surface area contributed by atoms with Gasteiger partial charge in [0.2, 0.25) is 0 Å². The predicted octanol–water partition coefficient (Wildman–Crippen LogP) is 2.90. The number of nitrogen functional groups attached to an aromatic ring is 1. The molecule has 2 aromatic carbocycles. The number of hydrogen-bond donors (Lipinski definition) is 1. The molecule has 0 aliphatic rings. The first-order chi connectivity index (χ1) is 9.06. The molecule has 0 saturated heterocycles. The summed E-state index contributed by atoms with van der Waals surface area (Å²) in [4.78, 5) is 10.2. The van der Waals surface area contributed by atoms with Gasteiger partial charge in [-0.1, -0.05) is 6.07 Å². The van der Waals surface area contributed by atoms with Gasteiger partial charge in [-0.3, -0.25) is 10.1 Å². The van der Waals surface area contributed by atoms with Crippen molar-refractivity contribution in [3.8, 4) is 5.75 Å². The van der Waals surface area contributed by atoms with Gasteiger partial charge in [0.05, 0.1) is 4.92 Å². The van der Waals surface area contributed by atoms with E-state index in [0.717, 1.165) is 0 Å². The van der Waals surface area contributed by atoms with Gasteiger partial charge in [-0.15, -0.1) is 0 Å². The van der Waals surface area contributed by atoms with E-state index in [9.17, 15) is 14.5 Å². The Morgan fingerprint density at radius 3 is 2.53 bits per heavy atom. The number of rotatable bonds is 4. The molecular formula is C13H11FN2O3. The summed E-state index contributed by atoms with van der Waals surface area (Å²) in [6.07, 6.45) is 0. The lowest BCUT2D eigenvalue weighted by atomic mass is 10.2. The van der Waals surface area contributed by atoms with Gasteiger partial charge < -0.3 is 10.5 Å². The van der Waals surface area contributed by atoms with Gasteiger partial charge in [0.15, 0.2) is 0 Å². The molecule has 6 heteroatoms. The molecule has 0 spiro atoms. The molecule has 0 heterocycles. The van der Waals surface area contributed by atoms with Crippen LogP contribution in [0, 0.1) is 15.9 Å². The average molecular weight is 262 g/mol. The van der Waals surface area contributed by atoms with E-state index in [-0.39, 0.29) is 23.8 Å². The Bertz CT molecular complexity index is 599. The van der Waals surface area contributed by atoms with Crippen LogP contribution in [0.15, 0.2) is 42.5 Å². The second-order valence-electron chi connectivity index (χ2n) is 3.89. The molecule has 0 saturated carbocycles. The molecule has 0 fully saturated rings. The maximum atomic E-state index is 12.7. The minimum atomic E-state index is -0.545. The van der Waals surface area contributed by atoms with Gasteiger partial charge in [0, 0.05) is 6.07 Å². The van der Waals surface area contributed by atoms with E-state index in [1.54, 1.807) is 6.07 Å². The summed E-state index contributed by atoms with van der Waals surface area (Å²) in [5.74, 6) is 0.136. The molecule has 0 bridgehead atoms. The van der Waals surface area contributed by atoms with E-state index in [2.05, 4.69) is 0 Å². The van der Waals surface area contributed by atoms with Crippen LogP contribution in [0.5, 0.6) is 5.75 Å². The molecule has 0 radical (unpaired) electrons. The lowest BCUT2D eigenvalue weighted by molar-refractivity contribution is -0.384. The van der Waals surface area contributed by atoms with Gasteiger partial charge in [-0.05, 0) is 35.9 Å². The van der Waals surface area contributed by atoms with Crippen LogP contribution in [0.2, 0.25) is 0 Å². The second-order valence-corrected chi connectivity index (χ2v) is 3.89. The Morgan fingerprint density at radius 2 is 1.89 bits per heavy atom. The summed E-state index contributed by atoms with van der Waals surface area (Å²) in [5, 5.41) is 10.7. The first-order valence-electron chi connectivity index (χ1n) is 5.47. The number of ether oxygens (including phenoxy) is 1. The van der Waals surface area contributed by atoms with E-state index in [1.807, 2.05) is 0 Å². The van der Waals surface area contributed by atoms with Crippen LogP contribution < -0.4 is 10.5 Å². The third-order valence-corrected chi connectivity index (χ3v) is 2.51. The van der Waals surface area contributed by atoms with Crippen molar-refractivity contribution in [3.05, 3.63) is 64.0 Å². The number of halogens is 1. The highest BCUT2D eigenvalue weighted by Gasteiger charge is 2.11. The molecule has 0 atom stereocenters. The van der Waals surface area contributed by atoms with Crippen LogP contribution in [0.4, 0.5) is 15.8 Å². The van der Waals surface area contributed by atoms with Gasteiger partial charge in [0.1, 0.15) is 23.9 Å². The van der Waals surface area contributed by atoms with Gasteiger partial charge in [-0.25, -0.2) is 4.39 Å². The predicted molar refractivity (Wildman–Crippen MR) is 68.2 cm³/mol. The zero-order valence-electron chi connectivity index (χ0n) is 9.88. The van der Waals surface area contributed by atoms with Crippen molar-refractivity contribution >= 4 is 11.4 Å². The van der Waals surface area contributed by atoms with Crippen molar-refractivity contribution in [3.63, 3.8) is 0 Å². The number of nitrogens with zero attached hydrogens (tertiary/aromatic N) is 1. The SMILES string of the molecule is Nc1ccc(COc2ccc(F)cc2)cc1[N+](=O)[O-].